The molecule has 2 aromatic carbocycles. The lowest BCUT2D eigenvalue weighted by atomic mass is 9.92. The van der Waals surface area contributed by atoms with Crippen molar-refractivity contribution in [1.82, 2.24) is 24.4 Å². The molecule has 6 N–H and O–H groups in total. The molecule has 0 unspecified atom stereocenters. The Labute approximate surface area is 287 Å². The average molecular weight is 692 g/mol. The number of halogens is 3. The summed E-state index contributed by atoms with van der Waals surface area (Å²) in [4.78, 5) is 27.0. The van der Waals surface area contributed by atoms with Crippen LogP contribution in [0.5, 0.6) is 0 Å². The number of nitriles is 1. The van der Waals surface area contributed by atoms with Crippen molar-refractivity contribution in [3.8, 4) is 17.2 Å². The van der Waals surface area contributed by atoms with E-state index in [1.807, 2.05) is 42.5 Å². The van der Waals surface area contributed by atoms with Crippen LogP contribution >= 0.6 is 0 Å². The molecule has 6 rings (SSSR count). The zero-order valence-electron chi connectivity index (χ0n) is 27.5. The van der Waals surface area contributed by atoms with E-state index in [0.29, 0.717) is 39.9 Å². The van der Waals surface area contributed by atoms with E-state index < -0.39 is 36.4 Å². The van der Waals surface area contributed by atoms with Crippen molar-refractivity contribution in [3.05, 3.63) is 66.0 Å². The number of aliphatic hydroxyl groups excluding tert-OH is 2. The fraction of sp³-hybridized carbons (Fsp3) is 0.457. The highest BCUT2D eigenvalue weighted by Crippen LogP contribution is 2.38. The van der Waals surface area contributed by atoms with E-state index >= 15 is 0 Å². The molecule has 15 heteroatoms. The van der Waals surface area contributed by atoms with Crippen LogP contribution in [-0.4, -0.2) is 83.6 Å². The quantitative estimate of drug-likeness (QED) is 0.159. The van der Waals surface area contributed by atoms with Gasteiger partial charge in [0.2, 0.25) is 5.95 Å². The molecular formula is C35H40F3N9O3. The lowest BCUT2D eigenvalue weighted by Gasteiger charge is -2.31. The van der Waals surface area contributed by atoms with Crippen molar-refractivity contribution in [3.63, 3.8) is 0 Å². The van der Waals surface area contributed by atoms with Crippen molar-refractivity contribution < 1.29 is 28.2 Å². The Morgan fingerprint density at radius 1 is 1.08 bits per heavy atom. The van der Waals surface area contributed by atoms with Crippen LogP contribution in [0.25, 0.3) is 22.3 Å². The molecule has 0 spiro atoms. The number of nitrogens with zero attached hydrogens (tertiary/aromatic N) is 6. The maximum absolute atomic E-state index is 13.5. The lowest BCUT2D eigenvalue weighted by Crippen LogP contribution is -2.51. The van der Waals surface area contributed by atoms with Crippen LogP contribution in [-0.2, 0) is 11.3 Å². The minimum atomic E-state index is -5.13. The molecular weight excluding hydrogens is 651 g/mol. The van der Waals surface area contributed by atoms with Gasteiger partial charge in [-0.25, -0.2) is 4.98 Å². The highest BCUT2D eigenvalue weighted by atomic mass is 19.4. The molecule has 50 heavy (non-hydrogen) atoms. The summed E-state index contributed by atoms with van der Waals surface area (Å²) in [5.74, 6) is -1.36. The van der Waals surface area contributed by atoms with Crippen molar-refractivity contribution >= 4 is 28.8 Å². The molecule has 0 saturated heterocycles. The van der Waals surface area contributed by atoms with E-state index in [4.69, 9.17) is 15.7 Å². The maximum Gasteiger partial charge on any atom is 0.471 e. The van der Waals surface area contributed by atoms with Gasteiger partial charge in [0.1, 0.15) is 12.2 Å². The zero-order valence-corrected chi connectivity index (χ0v) is 27.5. The standard InChI is InChI=1S/C35H40F3N9O3/c1-2-15-46(33(50)35(36,37)38)26-16-27(30(49)29(26)48)47-19-42-28-31(44-34(45-32(28)47)43-24-13-11-23(40)12-14-24)41-18-20-7-9-21(10-8-20)25-6-4-3-5-22(25)17-39/h3-10,19,23-24,26-27,29-30,48-49H,2,11-16,18,40H2,1H3,(H2,41,43,44,45)/t23?,24?,26-,27+,29+,30-/m0/s1. The molecule has 1 amide bonds. The smallest absolute Gasteiger partial charge is 0.388 e. The summed E-state index contributed by atoms with van der Waals surface area (Å²) in [6, 6.07) is 15.4. The van der Waals surface area contributed by atoms with Gasteiger partial charge in [-0.1, -0.05) is 49.4 Å². The van der Waals surface area contributed by atoms with Gasteiger partial charge in [-0.2, -0.15) is 28.4 Å². The van der Waals surface area contributed by atoms with E-state index in [1.54, 1.807) is 17.6 Å². The van der Waals surface area contributed by atoms with E-state index in [9.17, 15) is 33.4 Å². The van der Waals surface area contributed by atoms with Gasteiger partial charge < -0.3 is 36.0 Å². The normalized spacial score (nSPS) is 23.8. The Hall–Kier alpha value is -4.78. The van der Waals surface area contributed by atoms with Gasteiger partial charge in [0, 0.05) is 25.2 Å². The molecule has 4 aromatic rings. The molecule has 4 atom stereocenters. The number of aromatic nitrogens is 4. The highest BCUT2D eigenvalue weighted by Gasteiger charge is 2.51. The Morgan fingerprint density at radius 2 is 1.80 bits per heavy atom. The molecule has 264 valence electrons. The number of aliphatic hydroxyl groups is 2. The van der Waals surface area contributed by atoms with E-state index in [0.717, 1.165) is 42.4 Å². The molecule has 2 saturated carbocycles. The summed E-state index contributed by atoms with van der Waals surface area (Å²) >= 11 is 0. The highest BCUT2D eigenvalue weighted by molar-refractivity contribution is 5.85. The number of nitrogens with two attached hydrogens (primary N) is 1. The summed E-state index contributed by atoms with van der Waals surface area (Å²) in [7, 11) is 0. The van der Waals surface area contributed by atoms with Crippen LogP contribution in [0, 0.1) is 11.3 Å². The number of hydrogen-bond acceptors (Lipinski definition) is 10. The predicted octanol–water partition coefficient (Wildman–Crippen LogP) is 4.49. The molecule has 2 fully saturated rings. The second-order valence-corrected chi connectivity index (χ2v) is 13.0. The topological polar surface area (TPSA) is 178 Å². The number of fused-ring (bicyclic) bond motifs is 1. The monoisotopic (exact) mass is 691 g/mol. The second kappa shape index (κ2) is 14.6. The van der Waals surface area contributed by atoms with Crippen molar-refractivity contribution in [2.24, 2.45) is 5.73 Å². The Kier molecular flexibility index (Phi) is 10.2. The number of alkyl halides is 3. The molecule has 2 aliphatic carbocycles. The fourth-order valence-electron chi connectivity index (χ4n) is 7.01. The first-order chi connectivity index (χ1) is 24.0. The van der Waals surface area contributed by atoms with Crippen LogP contribution < -0.4 is 16.4 Å². The number of hydrogen-bond donors (Lipinski definition) is 5. The van der Waals surface area contributed by atoms with E-state index in [2.05, 4.69) is 21.7 Å². The number of nitrogens with one attached hydrogen (secondary N) is 2. The Bertz CT molecular complexity index is 1850. The third-order valence-electron chi connectivity index (χ3n) is 9.65. The molecule has 12 nitrogen and oxygen atoms in total. The molecule has 2 aliphatic rings. The largest absolute Gasteiger partial charge is 0.471 e. The molecule has 2 aromatic heterocycles. The number of rotatable bonds is 10. The number of anilines is 2. The summed E-state index contributed by atoms with van der Waals surface area (Å²) in [6.45, 7) is 1.76. The van der Waals surface area contributed by atoms with Crippen molar-refractivity contribution in [2.75, 3.05) is 17.2 Å². The predicted molar refractivity (Wildman–Crippen MR) is 181 cm³/mol. The molecule has 2 heterocycles. The molecule has 0 radical (unpaired) electrons. The number of benzene rings is 2. The lowest BCUT2D eigenvalue weighted by molar-refractivity contribution is -0.190. The zero-order chi connectivity index (χ0) is 35.6. The van der Waals surface area contributed by atoms with Gasteiger partial charge in [-0.15, -0.1) is 0 Å². The van der Waals surface area contributed by atoms with Gasteiger partial charge in [0.15, 0.2) is 17.0 Å². The van der Waals surface area contributed by atoms with Crippen LogP contribution in [0.2, 0.25) is 0 Å². The number of amides is 1. The second-order valence-electron chi connectivity index (χ2n) is 13.0. The van der Waals surface area contributed by atoms with E-state index in [1.165, 1.54) is 6.33 Å². The number of imidazole rings is 1. The van der Waals surface area contributed by atoms with Gasteiger partial charge >= 0.3 is 12.1 Å². The molecule has 0 bridgehead atoms. The third-order valence-corrected chi connectivity index (χ3v) is 9.65. The van der Waals surface area contributed by atoms with Gasteiger partial charge in [0.25, 0.3) is 0 Å². The summed E-state index contributed by atoms with van der Waals surface area (Å²) in [6.07, 6.45) is -3.40. The van der Waals surface area contributed by atoms with Crippen LogP contribution in [0.3, 0.4) is 0 Å². The van der Waals surface area contributed by atoms with Crippen molar-refractivity contribution in [1.29, 1.82) is 5.26 Å². The van der Waals surface area contributed by atoms with Crippen molar-refractivity contribution in [2.45, 2.75) is 94.5 Å². The first-order valence-corrected chi connectivity index (χ1v) is 16.8. The number of carbonyl (C=O) groups excluding carboxylic acids is 1. The Morgan fingerprint density at radius 3 is 2.48 bits per heavy atom. The van der Waals surface area contributed by atoms with Gasteiger partial charge in [-0.3, -0.25) is 4.79 Å². The van der Waals surface area contributed by atoms with E-state index in [-0.39, 0.29) is 31.5 Å². The third kappa shape index (κ3) is 7.23. The first kappa shape index (κ1) is 35.1. The minimum Gasteiger partial charge on any atom is -0.388 e. The minimum absolute atomic E-state index is 0.0690. The van der Waals surface area contributed by atoms with Crippen LogP contribution in [0.15, 0.2) is 54.9 Å². The Balaban J connectivity index is 1.30. The fourth-order valence-corrected chi connectivity index (χ4v) is 7.01. The summed E-state index contributed by atoms with van der Waals surface area (Å²) in [5, 5.41) is 38.4. The molecule has 0 aliphatic heterocycles. The first-order valence-electron chi connectivity index (χ1n) is 16.8. The SMILES string of the molecule is CCCN(C(=O)C(F)(F)F)[C@H]1C[C@@H](n2cnc3c(NCc4ccc(-c5ccccc5C#N)cc4)nc(NC4CCC(N)CC4)nc32)[C@H](O)[C@@H]1O. The maximum atomic E-state index is 13.5. The number of carbonyl (C=O) groups is 1. The summed E-state index contributed by atoms with van der Waals surface area (Å²) < 4.78 is 42.1. The van der Waals surface area contributed by atoms with Crippen LogP contribution in [0.1, 0.15) is 62.6 Å². The summed E-state index contributed by atoms with van der Waals surface area (Å²) in [5.41, 5.74) is 10.0. The van der Waals surface area contributed by atoms with Gasteiger partial charge in [-0.05, 0) is 61.3 Å². The average Bonchev–Trinajstić information content (AvgIpc) is 3.66. The van der Waals surface area contributed by atoms with Gasteiger partial charge in [0.05, 0.1) is 30.0 Å². The van der Waals surface area contributed by atoms with Crippen LogP contribution in [0.4, 0.5) is 24.9 Å².